The maximum atomic E-state index is 12.5. The third-order valence-corrected chi connectivity index (χ3v) is 5.05. The monoisotopic (exact) mass is 471 g/mol. The average molecular weight is 472 g/mol. The van der Waals surface area contributed by atoms with Crippen molar-refractivity contribution in [3.05, 3.63) is 99.0 Å². The Hall–Kier alpha value is -3.87. The highest BCUT2D eigenvalue weighted by atomic mass is 79.9. The molecule has 0 bridgehead atoms. The number of ether oxygens (including phenoxy) is 1. The summed E-state index contributed by atoms with van der Waals surface area (Å²) in [6.07, 6.45) is 1.52. The smallest absolute Gasteiger partial charge is 0.266 e. The van der Waals surface area contributed by atoms with E-state index in [4.69, 9.17) is 4.74 Å². The second-order valence-corrected chi connectivity index (χ2v) is 7.60. The Morgan fingerprint density at radius 1 is 1.10 bits per heavy atom. The van der Waals surface area contributed by atoms with Crippen LogP contribution in [0.1, 0.15) is 22.3 Å². The normalized spacial score (nSPS) is 10.6. The fourth-order valence-corrected chi connectivity index (χ4v) is 3.38. The average Bonchev–Trinajstić information content (AvgIpc) is 2.77. The van der Waals surface area contributed by atoms with E-state index in [9.17, 15) is 15.3 Å². The summed E-state index contributed by atoms with van der Waals surface area (Å²) in [5.41, 5.74) is 3.67. The molecule has 0 fully saturated rings. The van der Waals surface area contributed by atoms with Crippen LogP contribution in [0.15, 0.2) is 76.8 Å². The van der Waals surface area contributed by atoms with Crippen molar-refractivity contribution < 1.29 is 9.53 Å². The Bertz CT molecular complexity index is 1240. The summed E-state index contributed by atoms with van der Waals surface area (Å²) in [6, 6.07) is 24.0. The largest absolute Gasteiger partial charge is 0.488 e. The van der Waals surface area contributed by atoms with Crippen LogP contribution in [0.2, 0.25) is 0 Å². The first-order valence-corrected chi connectivity index (χ1v) is 10.2. The molecule has 0 radical (unpaired) electrons. The van der Waals surface area contributed by atoms with Crippen LogP contribution in [0.3, 0.4) is 0 Å². The molecule has 0 unspecified atom stereocenters. The summed E-state index contributed by atoms with van der Waals surface area (Å²) in [5.74, 6) is 0.116. The first-order valence-electron chi connectivity index (χ1n) is 9.40. The second-order valence-electron chi connectivity index (χ2n) is 6.74. The van der Waals surface area contributed by atoms with Gasteiger partial charge in [0.1, 0.15) is 24.0 Å². The van der Waals surface area contributed by atoms with E-state index in [1.807, 2.05) is 43.3 Å². The number of hydrogen-bond acceptors (Lipinski definition) is 4. The number of nitriles is 2. The fourth-order valence-electron chi connectivity index (χ4n) is 2.87. The number of carbonyl (C=O) groups excluding carboxylic acids is 1. The van der Waals surface area contributed by atoms with E-state index in [2.05, 4.69) is 27.3 Å². The van der Waals surface area contributed by atoms with E-state index in [-0.39, 0.29) is 12.2 Å². The highest BCUT2D eigenvalue weighted by molar-refractivity contribution is 9.10. The minimum Gasteiger partial charge on any atom is -0.488 e. The van der Waals surface area contributed by atoms with Crippen molar-refractivity contribution >= 4 is 33.6 Å². The molecule has 152 valence electrons. The summed E-state index contributed by atoms with van der Waals surface area (Å²) in [5, 5.41) is 21.4. The number of aryl methyl sites for hydroxylation is 1. The predicted molar refractivity (Wildman–Crippen MR) is 123 cm³/mol. The molecular formula is C25H18BrN3O2. The van der Waals surface area contributed by atoms with E-state index < -0.39 is 5.91 Å². The van der Waals surface area contributed by atoms with Crippen LogP contribution >= 0.6 is 15.9 Å². The number of hydrogen-bond donors (Lipinski definition) is 1. The summed E-state index contributed by atoms with van der Waals surface area (Å²) in [7, 11) is 0. The molecule has 0 aliphatic rings. The van der Waals surface area contributed by atoms with E-state index in [0.717, 1.165) is 11.1 Å². The molecule has 31 heavy (non-hydrogen) atoms. The molecule has 3 aromatic carbocycles. The molecule has 6 heteroatoms. The third kappa shape index (κ3) is 5.82. The van der Waals surface area contributed by atoms with Gasteiger partial charge in [-0.1, -0.05) is 36.4 Å². The zero-order chi connectivity index (χ0) is 22.2. The summed E-state index contributed by atoms with van der Waals surface area (Å²) >= 11 is 3.46. The SMILES string of the molecule is Cc1cccc(NC(=O)/C(C#N)=C\c2ccc(OCc3ccccc3C#N)c(Br)c2)c1. The van der Waals surface area contributed by atoms with Gasteiger partial charge in [0.05, 0.1) is 16.1 Å². The molecule has 0 aliphatic heterocycles. The Labute approximate surface area is 189 Å². The van der Waals surface area contributed by atoms with E-state index >= 15 is 0 Å². The molecule has 0 atom stereocenters. The first-order chi connectivity index (χ1) is 15.0. The van der Waals surface area contributed by atoms with E-state index in [1.165, 1.54) is 6.08 Å². The molecule has 0 saturated carbocycles. The summed E-state index contributed by atoms with van der Waals surface area (Å²) in [6.45, 7) is 2.18. The lowest BCUT2D eigenvalue weighted by atomic mass is 10.1. The molecule has 1 amide bonds. The van der Waals surface area contributed by atoms with E-state index in [1.54, 1.807) is 36.4 Å². The van der Waals surface area contributed by atoms with Gasteiger partial charge in [-0.15, -0.1) is 0 Å². The van der Waals surface area contributed by atoms with Crippen molar-refractivity contribution in [2.75, 3.05) is 5.32 Å². The first kappa shape index (κ1) is 21.8. The highest BCUT2D eigenvalue weighted by Gasteiger charge is 2.11. The molecule has 3 aromatic rings. The van der Waals surface area contributed by atoms with Crippen LogP contribution in [0.5, 0.6) is 5.75 Å². The standard InChI is InChI=1S/C25H18BrN3O2/c1-17-5-4-8-22(11-17)29-25(30)21(15-28)12-18-9-10-24(23(26)13-18)31-16-20-7-3-2-6-19(20)14-27/h2-13H,16H2,1H3,(H,29,30)/b21-12-. The number of rotatable bonds is 6. The van der Waals surface area contributed by atoms with Crippen molar-refractivity contribution in [1.29, 1.82) is 10.5 Å². The maximum absolute atomic E-state index is 12.5. The Morgan fingerprint density at radius 3 is 2.61 bits per heavy atom. The molecule has 0 aromatic heterocycles. The molecule has 0 saturated heterocycles. The second kappa shape index (κ2) is 10.2. The predicted octanol–water partition coefficient (Wildman–Crippen LogP) is 5.75. The van der Waals surface area contributed by atoms with Gasteiger partial charge >= 0.3 is 0 Å². The topological polar surface area (TPSA) is 85.9 Å². The molecule has 0 aliphatic carbocycles. The van der Waals surface area contributed by atoms with Gasteiger partial charge in [-0.25, -0.2) is 0 Å². The maximum Gasteiger partial charge on any atom is 0.266 e. The van der Waals surface area contributed by atoms with Crippen LogP contribution < -0.4 is 10.1 Å². The zero-order valence-electron chi connectivity index (χ0n) is 16.7. The molecule has 0 spiro atoms. The van der Waals surface area contributed by atoms with Gasteiger partial charge in [0, 0.05) is 11.3 Å². The highest BCUT2D eigenvalue weighted by Crippen LogP contribution is 2.28. The van der Waals surface area contributed by atoms with Gasteiger partial charge < -0.3 is 10.1 Å². The van der Waals surface area contributed by atoms with Crippen molar-refractivity contribution in [2.24, 2.45) is 0 Å². The molecular weight excluding hydrogens is 454 g/mol. The lowest BCUT2D eigenvalue weighted by molar-refractivity contribution is -0.112. The number of halogens is 1. The number of anilines is 1. The minimum atomic E-state index is -0.474. The van der Waals surface area contributed by atoms with Crippen LogP contribution in [0.25, 0.3) is 6.08 Å². The van der Waals surface area contributed by atoms with Crippen molar-refractivity contribution in [1.82, 2.24) is 0 Å². The molecule has 0 heterocycles. The number of amides is 1. The van der Waals surface area contributed by atoms with Gasteiger partial charge in [-0.3, -0.25) is 4.79 Å². The van der Waals surface area contributed by atoms with Gasteiger partial charge in [-0.2, -0.15) is 10.5 Å². The van der Waals surface area contributed by atoms with Crippen LogP contribution in [0.4, 0.5) is 5.69 Å². The summed E-state index contributed by atoms with van der Waals surface area (Å²) in [4.78, 5) is 12.5. The van der Waals surface area contributed by atoms with Gasteiger partial charge in [0.25, 0.3) is 5.91 Å². The summed E-state index contributed by atoms with van der Waals surface area (Å²) < 4.78 is 6.50. The Balaban J connectivity index is 1.73. The number of carbonyl (C=O) groups is 1. The lowest BCUT2D eigenvalue weighted by Gasteiger charge is -2.10. The van der Waals surface area contributed by atoms with Crippen molar-refractivity contribution in [3.8, 4) is 17.9 Å². The van der Waals surface area contributed by atoms with Crippen molar-refractivity contribution in [3.63, 3.8) is 0 Å². The zero-order valence-corrected chi connectivity index (χ0v) is 18.3. The lowest BCUT2D eigenvalue weighted by Crippen LogP contribution is -2.13. The van der Waals surface area contributed by atoms with Crippen molar-refractivity contribution in [2.45, 2.75) is 13.5 Å². The van der Waals surface area contributed by atoms with Crippen LogP contribution in [-0.2, 0) is 11.4 Å². The third-order valence-electron chi connectivity index (χ3n) is 4.43. The number of nitrogens with one attached hydrogen (secondary N) is 1. The molecule has 1 N–H and O–H groups in total. The number of nitrogens with zero attached hydrogens (tertiary/aromatic N) is 2. The van der Waals surface area contributed by atoms with Gasteiger partial charge in [0.2, 0.25) is 0 Å². The molecule has 5 nitrogen and oxygen atoms in total. The fraction of sp³-hybridized carbons (Fsp3) is 0.0800. The van der Waals surface area contributed by atoms with Gasteiger partial charge in [-0.05, 0) is 70.4 Å². The van der Waals surface area contributed by atoms with Crippen LogP contribution in [-0.4, -0.2) is 5.91 Å². The minimum absolute atomic E-state index is 0.00924. The van der Waals surface area contributed by atoms with Crippen LogP contribution in [0, 0.1) is 29.6 Å². The number of benzene rings is 3. The quantitative estimate of drug-likeness (QED) is 0.366. The molecule has 3 rings (SSSR count). The van der Waals surface area contributed by atoms with Gasteiger partial charge in [0.15, 0.2) is 0 Å². The Morgan fingerprint density at radius 2 is 1.90 bits per heavy atom. The Kier molecular flexibility index (Phi) is 7.22. The van der Waals surface area contributed by atoms with E-state index in [0.29, 0.717) is 27.0 Å².